The lowest BCUT2D eigenvalue weighted by atomic mass is 10.1. The molecular weight excluding hydrogens is 254 g/mol. The van der Waals surface area contributed by atoms with E-state index < -0.39 is 5.97 Å². The molecule has 0 unspecified atom stereocenters. The summed E-state index contributed by atoms with van der Waals surface area (Å²) in [5.74, 6) is 0.192. The van der Waals surface area contributed by atoms with Crippen molar-refractivity contribution in [2.45, 2.75) is 6.92 Å². The quantitative estimate of drug-likeness (QED) is 0.633. The second kappa shape index (κ2) is 5.89. The highest BCUT2D eigenvalue weighted by Gasteiger charge is 2.14. The van der Waals surface area contributed by atoms with Gasteiger partial charge in [-0.2, -0.15) is 5.26 Å². The first kappa shape index (κ1) is 13.6. The number of esters is 1. The minimum atomic E-state index is -0.453. The number of nitrogens with zero attached hydrogens (tertiary/aromatic N) is 1. The Labute approximate surface area is 117 Å². The zero-order valence-corrected chi connectivity index (χ0v) is 11.2. The third kappa shape index (κ3) is 2.78. The Bertz CT molecular complexity index is 686. The van der Waals surface area contributed by atoms with E-state index >= 15 is 0 Å². The highest BCUT2D eigenvalue weighted by molar-refractivity contribution is 5.92. The Balaban J connectivity index is 2.29. The molecule has 0 atom stereocenters. The van der Waals surface area contributed by atoms with Gasteiger partial charge >= 0.3 is 5.97 Å². The lowest BCUT2D eigenvalue weighted by molar-refractivity contribution is 0.0729. The molecule has 0 aliphatic heterocycles. The number of rotatable bonds is 3. The predicted octanol–water partition coefficient (Wildman–Crippen LogP) is 3.09. The van der Waals surface area contributed by atoms with E-state index in [-0.39, 0.29) is 0 Å². The highest BCUT2D eigenvalue weighted by Crippen LogP contribution is 2.28. The molecule has 0 amide bonds. The van der Waals surface area contributed by atoms with Crippen LogP contribution in [0.15, 0.2) is 42.5 Å². The Kier molecular flexibility index (Phi) is 4.02. The van der Waals surface area contributed by atoms with E-state index in [1.54, 1.807) is 24.3 Å². The first-order chi connectivity index (χ1) is 9.65. The molecule has 4 nitrogen and oxygen atoms in total. The zero-order chi connectivity index (χ0) is 14.5. The van der Waals surface area contributed by atoms with Gasteiger partial charge in [-0.1, -0.05) is 18.2 Å². The molecular formula is C16H13NO3. The fraction of sp³-hybridized carbons (Fsp3) is 0.125. The average molecular weight is 267 g/mol. The van der Waals surface area contributed by atoms with Crippen LogP contribution in [-0.4, -0.2) is 13.1 Å². The molecule has 0 aliphatic carbocycles. The van der Waals surface area contributed by atoms with E-state index in [1.165, 1.54) is 13.2 Å². The summed E-state index contributed by atoms with van der Waals surface area (Å²) in [4.78, 5) is 12.1. The standard InChI is InChI=1S/C16H13NO3/c1-11-5-3-4-6-13(11)16(18)20-14-8-7-12(10-17)9-15(14)19-2/h3-9H,1-2H3. The highest BCUT2D eigenvalue weighted by atomic mass is 16.6. The second-order valence-electron chi connectivity index (χ2n) is 4.18. The molecule has 0 spiro atoms. The molecule has 0 aliphatic rings. The summed E-state index contributed by atoms with van der Waals surface area (Å²) in [6, 6.07) is 13.8. The van der Waals surface area contributed by atoms with Crippen LogP contribution in [0.5, 0.6) is 11.5 Å². The van der Waals surface area contributed by atoms with Gasteiger partial charge in [-0.15, -0.1) is 0 Å². The van der Waals surface area contributed by atoms with Crippen LogP contribution in [0.2, 0.25) is 0 Å². The largest absolute Gasteiger partial charge is 0.493 e. The summed E-state index contributed by atoms with van der Waals surface area (Å²) >= 11 is 0. The number of hydrogen-bond acceptors (Lipinski definition) is 4. The van der Waals surface area contributed by atoms with E-state index in [9.17, 15) is 4.79 Å². The molecule has 2 aromatic carbocycles. The van der Waals surface area contributed by atoms with Crippen LogP contribution in [0.3, 0.4) is 0 Å². The van der Waals surface area contributed by atoms with Crippen LogP contribution < -0.4 is 9.47 Å². The molecule has 2 rings (SSSR count). The molecule has 0 heterocycles. The number of carbonyl (C=O) groups is 1. The van der Waals surface area contributed by atoms with Gasteiger partial charge in [-0.3, -0.25) is 0 Å². The minimum absolute atomic E-state index is 0.291. The van der Waals surface area contributed by atoms with Crippen molar-refractivity contribution in [2.24, 2.45) is 0 Å². The van der Waals surface area contributed by atoms with Gasteiger partial charge in [0.25, 0.3) is 0 Å². The molecule has 0 radical (unpaired) electrons. The summed E-state index contributed by atoms with van der Waals surface area (Å²) in [7, 11) is 1.46. The van der Waals surface area contributed by atoms with Gasteiger partial charge in [0.2, 0.25) is 0 Å². The van der Waals surface area contributed by atoms with Crippen molar-refractivity contribution in [2.75, 3.05) is 7.11 Å². The predicted molar refractivity (Wildman–Crippen MR) is 73.8 cm³/mol. The maximum Gasteiger partial charge on any atom is 0.343 e. The van der Waals surface area contributed by atoms with E-state index in [2.05, 4.69) is 0 Å². The third-order valence-corrected chi connectivity index (χ3v) is 2.86. The molecule has 20 heavy (non-hydrogen) atoms. The molecule has 0 aromatic heterocycles. The van der Waals surface area contributed by atoms with Crippen molar-refractivity contribution in [1.82, 2.24) is 0 Å². The summed E-state index contributed by atoms with van der Waals surface area (Å²) in [6.07, 6.45) is 0. The molecule has 2 aromatic rings. The number of ether oxygens (including phenoxy) is 2. The molecule has 0 fully saturated rings. The van der Waals surface area contributed by atoms with Gasteiger partial charge in [-0.05, 0) is 30.7 Å². The van der Waals surface area contributed by atoms with E-state index in [4.69, 9.17) is 14.7 Å². The minimum Gasteiger partial charge on any atom is -0.493 e. The number of hydrogen-bond donors (Lipinski definition) is 0. The zero-order valence-electron chi connectivity index (χ0n) is 11.2. The number of nitriles is 1. The van der Waals surface area contributed by atoms with Gasteiger partial charge in [-0.25, -0.2) is 4.79 Å². The maximum absolute atomic E-state index is 12.1. The van der Waals surface area contributed by atoms with Crippen LogP contribution in [0, 0.1) is 18.3 Å². The Hall–Kier alpha value is -2.80. The van der Waals surface area contributed by atoms with Crippen molar-refractivity contribution < 1.29 is 14.3 Å². The van der Waals surface area contributed by atoms with Crippen molar-refractivity contribution in [1.29, 1.82) is 5.26 Å². The number of benzene rings is 2. The Morgan fingerprint density at radius 3 is 2.55 bits per heavy atom. The molecule has 0 bridgehead atoms. The van der Waals surface area contributed by atoms with Crippen molar-refractivity contribution in [3.05, 3.63) is 59.2 Å². The SMILES string of the molecule is COc1cc(C#N)ccc1OC(=O)c1ccccc1C. The summed E-state index contributed by atoms with van der Waals surface area (Å²) < 4.78 is 10.5. The fourth-order valence-electron chi connectivity index (χ4n) is 1.78. The van der Waals surface area contributed by atoms with Crippen molar-refractivity contribution >= 4 is 5.97 Å². The number of aryl methyl sites for hydroxylation is 1. The van der Waals surface area contributed by atoms with Crippen molar-refractivity contribution in [3.8, 4) is 17.6 Å². The van der Waals surface area contributed by atoms with E-state index in [0.717, 1.165) is 5.56 Å². The van der Waals surface area contributed by atoms with Crippen LogP contribution in [0.25, 0.3) is 0 Å². The van der Waals surface area contributed by atoms with Crippen molar-refractivity contribution in [3.63, 3.8) is 0 Å². The van der Waals surface area contributed by atoms with Gasteiger partial charge in [0.1, 0.15) is 0 Å². The third-order valence-electron chi connectivity index (χ3n) is 2.86. The Morgan fingerprint density at radius 1 is 1.15 bits per heavy atom. The van der Waals surface area contributed by atoms with Gasteiger partial charge in [0.05, 0.1) is 24.3 Å². The average Bonchev–Trinajstić information content (AvgIpc) is 2.48. The topological polar surface area (TPSA) is 59.3 Å². The Morgan fingerprint density at radius 2 is 1.90 bits per heavy atom. The van der Waals surface area contributed by atoms with Crippen LogP contribution >= 0.6 is 0 Å². The first-order valence-electron chi connectivity index (χ1n) is 6.01. The molecule has 0 saturated carbocycles. The summed E-state index contributed by atoms with van der Waals surface area (Å²) in [6.45, 7) is 1.84. The lowest BCUT2D eigenvalue weighted by Gasteiger charge is -2.10. The maximum atomic E-state index is 12.1. The second-order valence-corrected chi connectivity index (χ2v) is 4.18. The van der Waals surface area contributed by atoms with Crippen LogP contribution in [0.1, 0.15) is 21.5 Å². The lowest BCUT2D eigenvalue weighted by Crippen LogP contribution is -2.10. The van der Waals surface area contributed by atoms with Gasteiger partial charge in [0, 0.05) is 6.07 Å². The fourth-order valence-corrected chi connectivity index (χ4v) is 1.78. The van der Waals surface area contributed by atoms with Crippen LogP contribution in [0.4, 0.5) is 0 Å². The van der Waals surface area contributed by atoms with E-state index in [1.807, 2.05) is 25.1 Å². The molecule has 100 valence electrons. The van der Waals surface area contributed by atoms with Gasteiger partial charge in [0.15, 0.2) is 11.5 Å². The van der Waals surface area contributed by atoms with Gasteiger partial charge < -0.3 is 9.47 Å². The molecule has 0 saturated heterocycles. The number of carbonyl (C=O) groups excluding carboxylic acids is 1. The molecule has 4 heteroatoms. The summed E-state index contributed by atoms with van der Waals surface area (Å²) in [5.41, 5.74) is 1.78. The first-order valence-corrected chi connectivity index (χ1v) is 6.01. The normalized spacial score (nSPS) is 9.65. The number of methoxy groups -OCH3 is 1. The monoisotopic (exact) mass is 267 g/mol. The molecule has 0 N–H and O–H groups in total. The van der Waals surface area contributed by atoms with Crippen LogP contribution in [-0.2, 0) is 0 Å². The smallest absolute Gasteiger partial charge is 0.343 e. The van der Waals surface area contributed by atoms with E-state index in [0.29, 0.717) is 22.6 Å². The summed E-state index contributed by atoms with van der Waals surface area (Å²) in [5, 5.41) is 8.83.